The second kappa shape index (κ2) is 5.28. The molecule has 1 fully saturated rings. The quantitative estimate of drug-likeness (QED) is 0.747. The number of hydrogen-bond acceptors (Lipinski definition) is 3. The Morgan fingerprint density at radius 2 is 2.27 bits per heavy atom. The van der Waals surface area contributed by atoms with Crippen LogP contribution in [-0.4, -0.2) is 36.5 Å². The molecule has 0 aromatic heterocycles. The van der Waals surface area contributed by atoms with E-state index in [2.05, 4.69) is 12.2 Å². The van der Waals surface area contributed by atoms with Crippen molar-refractivity contribution in [1.82, 2.24) is 5.32 Å². The molecule has 0 aromatic carbocycles. The molecule has 0 bridgehead atoms. The lowest BCUT2D eigenvalue weighted by molar-refractivity contribution is -0.102. The average molecular weight is 215 g/mol. The maximum atomic E-state index is 10.4. The first-order chi connectivity index (χ1) is 7.02. The van der Waals surface area contributed by atoms with E-state index in [1.807, 2.05) is 13.8 Å². The summed E-state index contributed by atoms with van der Waals surface area (Å²) in [5.74, 6) is 0.742. The molecule has 1 aliphatic rings. The summed E-state index contributed by atoms with van der Waals surface area (Å²) < 4.78 is 5.25. The summed E-state index contributed by atoms with van der Waals surface area (Å²) in [5.41, 5.74) is -0.775. The maximum absolute atomic E-state index is 10.4. The summed E-state index contributed by atoms with van der Waals surface area (Å²) in [6, 6.07) is 0.158. The van der Waals surface area contributed by atoms with Crippen molar-refractivity contribution in [2.45, 2.75) is 57.8 Å². The van der Waals surface area contributed by atoms with Crippen LogP contribution < -0.4 is 5.32 Å². The second-order valence-electron chi connectivity index (χ2n) is 4.91. The van der Waals surface area contributed by atoms with Gasteiger partial charge in [0.05, 0.1) is 6.10 Å². The van der Waals surface area contributed by atoms with E-state index in [1.54, 1.807) is 7.11 Å². The van der Waals surface area contributed by atoms with Crippen LogP contribution in [0.3, 0.4) is 0 Å². The van der Waals surface area contributed by atoms with Crippen molar-refractivity contribution < 1.29 is 9.84 Å². The molecule has 15 heavy (non-hydrogen) atoms. The molecule has 3 heteroatoms. The van der Waals surface area contributed by atoms with Gasteiger partial charge in [-0.1, -0.05) is 13.3 Å². The molecule has 2 N–H and O–H groups in total. The third kappa shape index (κ3) is 2.92. The van der Waals surface area contributed by atoms with Crippen molar-refractivity contribution in [3.8, 4) is 0 Å². The number of rotatable bonds is 4. The van der Waals surface area contributed by atoms with Gasteiger partial charge < -0.3 is 15.2 Å². The third-order valence-corrected chi connectivity index (χ3v) is 3.97. The minimum Gasteiger partial charge on any atom is -0.386 e. The molecule has 1 rings (SSSR count). The van der Waals surface area contributed by atoms with E-state index in [-0.39, 0.29) is 12.1 Å². The highest BCUT2D eigenvalue weighted by molar-refractivity contribution is 4.95. The zero-order valence-electron chi connectivity index (χ0n) is 10.4. The van der Waals surface area contributed by atoms with Gasteiger partial charge in [-0.05, 0) is 39.2 Å². The van der Waals surface area contributed by atoms with Crippen LogP contribution in [0.15, 0.2) is 0 Å². The van der Waals surface area contributed by atoms with Gasteiger partial charge in [-0.25, -0.2) is 0 Å². The van der Waals surface area contributed by atoms with Gasteiger partial charge in [-0.2, -0.15) is 0 Å². The molecular formula is C12H25NO2. The van der Waals surface area contributed by atoms with Gasteiger partial charge in [0.1, 0.15) is 5.60 Å². The molecule has 1 aliphatic heterocycles. The predicted molar refractivity (Wildman–Crippen MR) is 61.9 cm³/mol. The number of methoxy groups -OCH3 is 1. The Hall–Kier alpha value is -0.120. The lowest BCUT2D eigenvalue weighted by Crippen LogP contribution is -2.58. The summed E-state index contributed by atoms with van der Waals surface area (Å²) >= 11 is 0. The fourth-order valence-electron chi connectivity index (χ4n) is 2.33. The Bertz CT molecular complexity index is 194. The largest absolute Gasteiger partial charge is 0.386 e. The van der Waals surface area contributed by atoms with Crippen molar-refractivity contribution in [1.29, 1.82) is 0 Å². The highest BCUT2D eigenvalue weighted by Gasteiger charge is 2.39. The van der Waals surface area contributed by atoms with Crippen LogP contribution in [0, 0.1) is 5.92 Å². The Balaban J connectivity index is 2.61. The molecule has 0 radical (unpaired) electrons. The Morgan fingerprint density at radius 3 is 2.80 bits per heavy atom. The third-order valence-electron chi connectivity index (χ3n) is 3.97. The summed E-state index contributed by atoms with van der Waals surface area (Å²) in [7, 11) is 1.65. The van der Waals surface area contributed by atoms with Crippen LogP contribution in [0.2, 0.25) is 0 Å². The molecule has 0 aliphatic carbocycles. The van der Waals surface area contributed by atoms with Gasteiger partial charge in [0, 0.05) is 13.2 Å². The summed E-state index contributed by atoms with van der Waals surface area (Å²) in [6.45, 7) is 7.03. The van der Waals surface area contributed by atoms with Crippen LogP contribution in [0.25, 0.3) is 0 Å². The van der Waals surface area contributed by atoms with Gasteiger partial charge in [0.15, 0.2) is 0 Å². The van der Waals surface area contributed by atoms with Crippen LogP contribution in [0.1, 0.15) is 40.0 Å². The van der Waals surface area contributed by atoms with Crippen molar-refractivity contribution in [3.63, 3.8) is 0 Å². The molecule has 90 valence electrons. The molecule has 0 amide bonds. The van der Waals surface area contributed by atoms with Crippen molar-refractivity contribution in [3.05, 3.63) is 0 Å². The smallest absolute Gasteiger partial charge is 0.103 e. The van der Waals surface area contributed by atoms with E-state index >= 15 is 0 Å². The molecule has 0 saturated carbocycles. The fraction of sp³-hybridized carbons (Fsp3) is 1.00. The zero-order chi connectivity index (χ0) is 11.5. The van der Waals surface area contributed by atoms with Crippen LogP contribution >= 0.6 is 0 Å². The first-order valence-electron chi connectivity index (χ1n) is 6.00. The van der Waals surface area contributed by atoms with Crippen molar-refractivity contribution >= 4 is 0 Å². The Labute approximate surface area is 93.2 Å². The minimum atomic E-state index is -0.775. The number of hydrogen-bond donors (Lipinski definition) is 2. The zero-order valence-corrected chi connectivity index (χ0v) is 10.4. The van der Waals surface area contributed by atoms with E-state index in [0.29, 0.717) is 0 Å². The van der Waals surface area contributed by atoms with Crippen molar-refractivity contribution in [2.75, 3.05) is 13.7 Å². The molecule has 1 heterocycles. The SMILES string of the molecule is CCC1CCNC(C(C)(O)C(C)OC)C1. The van der Waals surface area contributed by atoms with E-state index in [4.69, 9.17) is 4.74 Å². The summed E-state index contributed by atoms with van der Waals surface area (Å²) in [4.78, 5) is 0. The lowest BCUT2D eigenvalue weighted by Gasteiger charge is -2.42. The summed E-state index contributed by atoms with van der Waals surface area (Å²) in [6.07, 6.45) is 3.35. The molecule has 3 nitrogen and oxygen atoms in total. The van der Waals surface area contributed by atoms with E-state index in [9.17, 15) is 5.11 Å². The Kier molecular flexibility index (Phi) is 4.56. The number of piperidine rings is 1. The highest BCUT2D eigenvalue weighted by Crippen LogP contribution is 2.28. The first kappa shape index (κ1) is 12.9. The molecule has 0 aromatic rings. The first-order valence-corrected chi connectivity index (χ1v) is 6.00. The topological polar surface area (TPSA) is 41.5 Å². The van der Waals surface area contributed by atoms with Gasteiger partial charge in [-0.15, -0.1) is 0 Å². The van der Waals surface area contributed by atoms with E-state index < -0.39 is 5.60 Å². The predicted octanol–water partition coefficient (Wildman–Crippen LogP) is 1.55. The van der Waals surface area contributed by atoms with Crippen LogP contribution in [-0.2, 0) is 4.74 Å². The molecule has 1 saturated heterocycles. The number of nitrogens with one attached hydrogen (secondary N) is 1. The fourth-order valence-corrected chi connectivity index (χ4v) is 2.33. The normalized spacial score (nSPS) is 33.4. The number of aliphatic hydroxyl groups is 1. The molecule has 4 unspecified atom stereocenters. The van der Waals surface area contributed by atoms with E-state index in [1.165, 1.54) is 12.8 Å². The minimum absolute atomic E-state index is 0.134. The maximum Gasteiger partial charge on any atom is 0.103 e. The van der Waals surface area contributed by atoms with Gasteiger partial charge in [0.2, 0.25) is 0 Å². The van der Waals surface area contributed by atoms with Crippen LogP contribution in [0.4, 0.5) is 0 Å². The molecular weight excluding hydrogens is 190 g/mol. The lowest BCUT2D eigenvalue weighted by atomic mass is 9.80. The standard InChI is InChI=1S/C12H25NO2/c1-5-10-6-7-13-11(8-10)12(3,14)9(2)15-4/h9-11,13-14H,5-8H2,1-4H3. The second-order valence-corrected chi connectivity index (χ2v) is 4.91. The Morgan fingerprint density at radius 1 is 1.60 bits per heavy atom. The van der Waals surface area contributed by atoms with E-state index in [0.717, 1.165) is 18.9 Å². The van der Waals surface area contributed by atoms with Gasteiger partial charge in [0.25, 0.3) is 0 Å². The molecule has 0 spiro atoms. The average Bonchev–Trinajstić information content (AvgIpc) is 2.27. The van der Waals surface area contributed by atoms with Crippen LogP contribution in [0.5, 0.6) is 0 Å². The van der Waals surface area contributed by atoms with Gasteiger partial charge >= 0.3 is 0 Å². The van der Waals surface area contributed by atoms with Crippen molar-refractivity contribution in [2.24, 2.45) is 5.92 Å². The van der Waals surface area contributed by atoms with Gasteiger partial charge in [-0.3, -0.25) is 0 Å². The molecule has 4 atom stereocenters. The monoisotopic (exact) mass is 215 g/mol. The number of ether oxygens (including phenoxy) is 1. The highest BCUT2D eigenvalue weighted by atomic mass is 16.5. The summed E-state index contributed by atoms with van der Waals surface area (Å²) in [5, 5.41) is 13.8.